The average molecular weight is 865 g/mol. The smallest absolute Gasteiger partial charge is 0.330 e. The highest BCUT2D eigenvalue weighted by atomic mass is 35.5. The van der Waals surface area contributed by atoms with Crippen LogP contribution in [-0.2, 0) is 19.1 Å². The molecule has 2 amide bonds. The first-order valence-electron chi connectivity index (χ1n) is 20.0. The van der Waals surface area contributed by atoms with E-state index in [1.807, 2.05) is 54.6 Å². The van der Waals surface area contributed by atoms with Crippen molar-refractivity contribution in [3.8, 4) is 0 Å². The number of carboxylic acids is 1. The number of anilines is 2. The average Bonchev–Trinajstić information content (AvgIpc) is 3.50. The van der Waals surface area contributed by atoms with Crippen LogP contribution in [0.2, 0.25) is 10.0 Å². The van der Waals surface area contributed by atoms with Gasteiger partial charge in [0.1, 0.15) is 19.8 Å². The molecule has 1 saturated carbocycles. The van der Waals surface area contributed by atoms with Crippen LogP contribution in [0.25, 0.3) is 0 Å². The van der Waals surface area contributed by atoms with Crippen molar-refractivity contribution < 1.29 is 29.2 Å². The Morgan fingerprint density at radius 2 is 1.66 bits per heavy atom. The minimum Gasteiger partial charge on any atom is -0.478 e. The summed E-state index contributed by atoms with van der Waals surface area (Å²) in [6.07, 6.45) is 6.81. The molecule has 14 heteroatoms. The summed E-state index contributed by atoms with van der Waals surface area (Å²) in [5.74, 6) is 0.712. The maximum Gasteiger partial charge on any atom is 0.330 e. The van der Waals surface area contributed by atoms with Crippen molar-refractivity contribution >= 4 is 69.5 Å². The van der Waals surface area contributed by atoms with Crippen molar-refractivity contribution in [1.82, 2.24) is 0 Å². The number of carboxylic acid groups (broad SMARTS) is 1. The highest BCUT2D eigenvalue weighted by Crippen LogP contribution is 2.48. The van der Waals surface area contributed by atoms with Gasteiger partial charge in [0.15, 0.2) is 0 Å². The van der Waals surface area contributed by atoms with Gasteiger partial charge < -0.3 is 15.2 Å². The number of carbonyl (C=O) groups excluding carboxylic acids is 2. The lowest BCUT2D eigenvalue weighted by Gasteiger charge is -2.34. The van der Waals surface area contributed by atoms with Crippen LogP contribution in [0.1, 0.15) is 68.7 Å². The fourth-order valence-corrected chi connectivity index (χ4v) is 8.67. The van der Waals surface area contributed by atoms with Gasteiger partial charge in [0.25, 0.3) is 11.6 Å². The van der Waals surface area contributed by atoms with Gasteiger partial charge in [-0.3, -0.25) is 34.6 Å². The summed E-state index contributed by atoms with van der Waals surface area (Å²) in [5, 5.41) is 24.1. The second-order valence-corrected chi connectivity index (χ2v) is 16.2. The highest BCUT2D eigenvalue weighted by Gasteiger charge is 2.36. The normalized spacial score (nSPS) is 19.5. The van der Waals surface area contributed by atoms with Gasteiger partial charge in [0.2, 0.25) is 5.91 Å². The molecule has 2 N–H and O–H groups in total. The molecule has 1 fully saturated rings. The van der Waals surface area contributed by atoms with E-state index in [9.17, 15) is 24.5 Å². The topological polar surface area (TPSA) is 164 Å². The summed E-state index contributed by atoms with van der Waals surface area (Å²) in [4.78, 5) is 55.9. The summed E-state index contributed by atoms with van der Waals surface area (Å²) in [6.45, 7) is 6.35. The van der Waals surface area contributed by atoms with Crippen molar-refractivity contribution in [3.05, 3.63) is 156 Å². The Hall–Kier alpha value is -5.95. The van der Waals surface area contributed by atoms with Gasteiger partial charge in [-0.05, 0) is 87.6 Å². The van der Waals surface area contributed by atoms with Crippen molar-refractivity contribution in [2.75, 3.05) is 37.1 Å². The lowest BCUT2D eigenvalue weighted by Crippen LogP contribution is -2.34. The maximum atomic E-state index is 12.4. The van der Waals surface area contributed by atoms with Crippen LogP contribution in [0, 0.1) is 27.9 Å². The van der Waals surface area contributed by atoms with Crippen LogP contribution in [0.5, 0.6) is 0 Å². The molecule has 2 aliphatic carbocycles. The molecule has 0 radical (unpaired) electrons. The molecule has 0 spiro atoms. The van der Waals surface area contributed by atoms with E-state index >= 15 is 0 Å². The zero-order valence-electron chi connectivity index (χ0n) is 34.4. The maximum absolute atomic E-state index is 12.4. The SMILES string of the molecule is CC1=C2C(/C=C(\C)C(=O)O)CCC(C)C2CC1.COCN1C(=O)CN=C(c2ccccc2)c2cc([N+](=O)[O-])ccc21.O=C1CN=C(c2ccccc2Cl)c2cc(Cl)ccc2N1. The molecular weight excluding hydrogens is 817 g/mol. The molecule has 3 atom stereocenters. The van der Waals surface area contributed by atoms with Crippen LogP contribution in [-0.4, -0.2) is 66.2 Å². The molecule has 12 nitrogen and oxygen atoms in total. The predicted molar refractivity (Wildman–Crippen MR) is 240 cm³/mol. The highest BCUT2D eigenvalue weighted by molar-refractivity contribution is 6.37. The molecule has 4 aromatic rings. The molecule has 8 rings (SSSR count). The van der Waals surface area contributed by atoms with Crippen LogP contribution < -0.4 is 10.2 Å². The molecule has 0 bridgehead atoms. The lowest BCUT2D eigenvalue weighted by atomic mass is 9.71. The van der Waals surface area contributed by atoms with Crippen molar-refractivity contribution in [1.29, 1.82) is 0 Å². The number of methoxy groups -OCH3 is 1. The number of non-ortho nitro benzene ring substituents is 1. The third-order valence-corrected chi connectivity index (χ3v) is 11.8. The van der Waals surface area contributed by atoms with Crippen molar-refractivity contribution in [2.24, 2.45) is 27.7 Å². The number of aliphatic imine (C=N–C) groups is 2. The Kier molecular flexibility index (Phi) is 14.7. The van der Waals surface area contributed by atoms with E-state index < -0.39 is 10.9 Å². The number of nitro benzene ring substituents is 1. The van der Waals surface area contributed by atoms with Gasteiger partial charge in [-0.15, -0.1) is 0 Å². The number of benzodiazepines with no additional fused rings is 2. The number of aliphatic carboxylic acids is 1. The van der Waals surface area contributed by atoms with E-state index in [4.69, 9.17) is 33.0 Å². The Balaban J connectivity index is 0.000000155. The number of nitrogens with zero attached hydrogens (tertiary/aromatic N) is 4. The van der Waals surface area contributed by atoms with Crippen molar-refractivity contribution in [3.63, 3.8) is 0 Å². The number of hydrogen-bond donors (Lipinski definition) is 2. The number of amides is 2. The standard InChI is InChI=1S/C17H15N3O4.C15H10Cl2N2O.C15H22O2/c1-24-11-19-15-8-7-13(20(22)23)9-14(15)17(18-10-16(19)21)12-5-3-2-4-6-12;16-9-5-6-13-11(7-9)15(18-8-14(20)19-13)10-3-1-2-4-12(10)17;1-9-4-6-12(8-11(3)15(16)17)14-10(2)5-7-13(9)14/h2-9H,10-11H2,1H3;1-7H,8H2,(H,19,20);8-9,12-13H,4-7H2,1-3H3,(H,16,17)/b;;11-8+. The minimum atomic E-state index is -0.781. The van der Waals surface area contributed by atoms with Gasteiger partial charge in [0.05, 0.1) is 27.7 Å². The Morgan fingerprint density at radius 3 is 2.36 bits per heavy atom. The zero-order chi connectivity index (χ0) is 43.8. The number of ether oxygens (including phenoxy) is 1. The van der Waals surface area contributed by atoms with E-state index in [0.717, 1.165) is 29.0 Å². The number of nitrogens with one attached hydrogen (secondary N) is 1. The largest absolute Gasteiger partial charge is 0.478 e. The monoisotopic (exact) mass is 863 g/mol. The molecule has 2 heterocycles. The molecule has 0 aromatic heterocycles. The Labute approximate surface area is 364 Å². The zero-order valence-corrected chi connectivity index (χ0v) is 35.9. The molecule has 3 unspecified atom stereocenters. The minimum absolute atomic E-state index is 0.0456. The fourth-order valence-electron chi connectivity index (χ4n) is 8.27. The molecule has 4 aromatic carbocycles. The second kappa shape index (κ2) is 20.1. The number of fused-ring (bicyclic) bond motifs is 3. The summed E-state index contributed by atoms with van der Waals surface area (Å²) in [7, 11) is 1.49. The quantitative estimate of drug-likeness (QED) is 0.0808. The molecule has 2 aliphatic heterocycles. The summed E-state index contributed by atoms with van der Waals surface area (Å²) in [5.41, 5.74) is 8.89. The molecule has 0 saturated heterocycles. The molecular formula is C47H47Cl2N5O7. The van der Waals surface area contributed by atoms with Gasteiger partial charge in [-0.25, -0.2) is 4.79 Å². The third-order valence-electron chi connectivity index (χ3n) is 11.3. The number of hydrogen-bond acceptors (Lipinski definition) is 8. The third kappa shape index (κ3) is 10.5. The van der Waals surface area contributed by atoms with Gasteiger partial charge in [0, 0.05) is 57.1 Å². The van der Waals surface area contributed by atoms with Crippen LogP contribution >= 0.6 is 23.2 Å². The number of benzene rings is 4. The van der Waals surface area contributed by atoms with Crippen LogP contribution in [0.3, 0.4) is 0 Å². The van der Waals surface area contributed by atoms with E-state index in [1.54, 1.807) is 42.8 Å². The number of allylic oxidation sites excluding steroid dienone is 3. The van der Waals surface area contributed by atoms with Gasteiger partial charge in [-0.1, -0.05) is 95.9 Å². The number of halogens is 2. The van der Waals surface area contributed by atoms with E-state index in [0.29, 0.717) is 55.8 Å². The van der Waals surface area contributed by atoms with Crippen molar-refractivity contribution in [2.45, 2.75) is 46.5 Å². The van der Waals surface area contributed by atoms with Crippen LogP contribution in [0.15, 0.2) is 124 Å². The van der Waals surface area contributed by atoms with E-state index in [1.165, 1.54) is 49.0 Å². The Bertz CT molecular complexity index is 2460. The van der Waals surface area contributed by atoms with E-state index in [2.05, 4.69) is 29.1 Å². The van der Waals surface area contributed by atoms with Gasteiger partial charge in [-0.2, -0.15) is 0 Å². The summed E-state index contributed by atoms with van der Waals surface area (Å²) < 4.78 is 5.10. The Morgan fingerprint density at radius 1 is 0.934 bits per heavy atom. The first-order valence-corrected chi connectivity index (χ1v) is 20.7. The molecule has 316 valence electrons. The lowest BCUT2D eigenvalue weighted by molar-refractivity contribution is -0.384. The molecule has 61 heavy (non-hydrogen) atoms. The first kappa shape index (κ1) is 44.6. The summed E-state index contributed by atoms with van der Waals surface area (Å²) in [6, 6.07) is 26.4. The predicted octanol–water partition coefficient (Wildman–Crippen LogP) is 9.96. The van der Waals surface area contributed by atoms with E-state index in [-0.39, 0.29) is 37.3 Å². The second-order valence-electron chi connectivity index (χ2n) is 15.3. The number of carbonyl (C=O) groups is 3. The van der Waals surface area contributed by atoms with Gasteiger partial charge >= 0.3 is 5.97 Å². The summed E-state index contributed by atoms with van der Waals surface area (Å²) >= 11 is 12.3. The molecule has 4 aliphatic rings. The fraction of sp³-hybridized carbons (Fsp3) is 0.298. The van der Waals surface area contributed by atoms with Crippen LogP contribution in [0.4, 0.5) is 17.1 Å². The number of rotatable bonds is 7. The first-order chi connectivity index (χ1) is 29.3. The number of nitro groups is 1.